The zero-order valence-electron chi connectivity index (χ0n) is 10.3. The van der Waals surface area contributed by atoms with E-state index in [2.05, 4.69) is 4.90 Å². The van der Waals surface area contributed by atoms with Crippen LogP contribution in [-0.4, -0.2) is 42.3 Å². The second-order valence-corrected chi connectivity index (χ2v) is 4.47. The summed E-state index contributed by atoms with van der Waals surface area (Å²) < 4.78 is 18.8. The van der Waals surface area contributed by atoms with Gasteiger partial charge in [-0.2, -0.15) is 0 Å². The zero-order chi connectivity index (χ0) is 13.1. The Balaban J connectivity index is 2.20. The van der Waals surface area contributed by atoms with Crippen LogP contribution in [0.5, 0.6) is 0 Å². The summed E-state index contributed by atoms with van der Waals surface area (Å²) in [6.07, 6.45) is 0. The average molecular weight is 253 g/mol. The van der Waals surface area contributed by atoms with Crippen LogP contribution in [0.1, 0.15) is 21.5 Å². The van der Waals surface area contributed by atoms with Crippen molar-refractivity contribution in [1.82, 2.24) is 4.90 Å². The number of morpholine rings is 1. The lowest BCUT2D eigenvalue weighted by Crippen LogP contribution is -2.35. The average Bonchev–Trinajstić information content (AvgIpc) is 2.34. The van der Waals surface area contributed by atoms with Crippen LogP contribution < -0.4 is 0 Å². The molecule has 0 spiro atoms. The first kappa shape index (κ1) is 13.0. The summed E-state index contributed by atoms with van der Waals surface area (Å²) in [7, 11) is 0. The molecule has 0 aromatic heterocycles. The Morgan fingerprint density at radius 3 is 2.72 bits per heavy atom. The molecule has 0 atom stereocenters. The van der Waals surface area contributed by atoms with Crippen LogP contribution in [-0.2, 0) is 11.3 Å². The number of benzene rings is 1. The smallest absolute Gasteiger partial charge is 0.338 e. The second-order valence-electron chi connectivity index (χ2n) is 4.47. The molecule has 0 unspecified atom stereocenters. The Kier molecular flexibility index (Phi) is 3.93. The number of ether oxygens (including phenoxy) is 1. The maximum absolute atomic E-state index is 13.6. The highest BCUT2D eigenvalue weighted by atomic mass is 19.1. The number of nitrogens with zero attached hydrogens (tertiary/aromatic N) is 1. The summed E-state index contributed by atoms with van der Waals surface area (Å²) in [5.74, 6) is -1.87. The molecule has 18 heavy (non-hydrogen) atoms. The number of carboxylic acid groups (broad SMARTS) is 1. The van der Waals surface area contributed by atoms with E-state index in [1.54, 1.807) is 13.0 Å². The number of halogens is 1. The SMILES string of the molecule is Cc1cc(CN2CCOCC2)cc(C(=O)O)c1F. The largest absolute Gasteiger partial charge is 0.478 e. The number of carbonyl (C=O) groups is 1. The minimum absolute atomic E-state index is 0.252. The monoisotopic (exact) mass is 253 g/mol. The molecular weight excluding hydrogens is 237 g/mol. The molecule has 1 N–H and O–H groups in total. The van der Waals surface area contributed by atoms with Crippen LogP contribution in [0.4, 0.5) is 4.39 Å². The summed E-state index contributed by atoms with van der Waals surface area (Å²) in [4.78, 5) is 13.1. The quantitative estimate of drug-likeness (QED) is 0.890. The van der Waals surface area contributed by atoms with Gasteiger partial charge in [0.2, 0.25) is 0 Å². The fraction of sp³-hybridized carbons (Fsp3) is 0.462. The Labute approximate surface area is 105 Å². The lowest BCUT2D eigenvalue weighted by Gasteiger charge is -2.26. The van der Waals surface area contributed by atoms with Gasteiger partial charge in [-0.15, -0.1) is 0 Å². The van der Waals surface area contributed by atoms with Crippen molar-refractivity contribution in [2.24, 2.45) is 0 Å². The van der Waals surface area contributed by atoms with E-state index in [4.69, 9.17) is 9.84 Å². The van der Waals surface area contributed by atoms with Gasteiger partial charge >= 0.3 is 5.97 Å². The normalized spacial score (nSPS) is 16.8. The van der Waals surface area contributed by atoms with Gasteiger partial charge in [0, 0.05) is 19.6 Å². The molecule has 0 amide bonds. The van der Waals surface area contributed by atoms with E-state index in [1.807, 2.05) is 0 Å². The first-order valence-corrected chi connectivity index (χ1v) is 5.90. The third-order valence-electron chi connectivity index (χ3n) is 3.05. The van der Waals surface area contributed by atoms with Crippen LogP contribution >= 0.6 is 0 Å². The third-order valence-corrected chi connectivity index (χ3v) is 3.05. The van der Waals surface area contributed by atoms with Gasteiger partial charge in [0.15, 0.2) is 0 Å². The van der Waals surface area contributed by atoms with E-state index in [1.165, 1.54) is 6.07 Å². The highest BCUT2D eigenvalue weighted by Gasteiger charge is 2.16. The highest BCUT2D eigenvalue weighted by molar-refractivity contribution is 5.88. The molecule has 5 heteroatoms. The molecule has 1 fully saturated rings. The van der Waals surface area contributed by atoms with Gasteiger partial charge in [0.05, 0.1) is 18.8 Å². The van der Waals surface area contributed by atoms with E-state index >= 15 is 0 Å². The van der Waals surface area contributed by atoms with Crippen LogP contribution in [0.15, 0.2) is 12.1 Å². The third kappa shape index (κ3) is 2.86. The van der Waals surface area contributed by atoms with Gasteiger partial charge in [-0.05, 0) is 24.1 Å². The molecule has 1 saturated heterocycles. The first-order valence-electron chi connectivity index (χ1n) is 5.90. The molecule has 98 valence electrons. The van der Waals surface area contributed by atoms with E-state index in [9.17, 15) is 9.18 Å². The van der Waals surface area contributed by atoms with Crippen molar-refractivity contribution in [2.75, 3.05) is 26.3 Å². The van der Waals surface area contributed by atoms with Gasteiger partial charge in [-0.25, -0.2) is 9.18 Å². The maximum atomic E-state index is 13.6. The van der Waals surface area contributed by atoms with E-state index in [0.29, 0.717) is 25.3 Å². The van der Waals surface area contributed by atoms with Gasteiger partial charge < -0.3 is 9.84 Å². The standard InChI is InChI=1S/C13H16FNO3/c1-9-6-10(7-11(12(9)14)13(16)17)8-15-2-4-18-5-3-15/h6-7H,2-5,8H2,1H3,(H,16,17). The first-order chi connectivity index (χ1) is 8.58. The highest BCUT2D eigenvalue weighted by Crippen LogP contribution is 2.17. The van der Waals surface area contributed by atoms with Gasteiger partial charge in [-0.1, -0.05) is 6.07 Å². The van der Waals surface area contributed by atoms with Gasteiger partial charge in [-0.3, -0.25) is 4.90 Å². The minimum Gasteiger partial charge on any atom is -0.478 e. The molecule has 2 rings (SSSR count). The van der Waals surface area contributed by atoms with E-state index in [0.717, 1.165) is 18.7 Å². The number of aromatic carboxylic acids is 1. The number of hydrogen-bond donors (Lipinski definition) is 1. The fourth-order valence-corrected chi connectivity index (χ4v) is 2.11. The molecule has 1 aliphatic rings. The number of rotatable bonds is 3. The molecule has 0 aliphatic carbocycles. The number of hydrogen-bond acceptors (Lipinski definition) is 3. The van der Waals surface area contributed by atoms with Crippen molar-refractivity contribution in [3.05, 3.63) is 34.6 Å². The predicted molar refractivity (Wildman–Crippen MR) is 64.2 cm³/mol. The van der Waals surface area contributed by atoms with Crippen LogP contribution in [0.3, 0.4) is 0 Å². The molecule has 1 aromatic carbocycles. The maximum Gasteiger partial charge on any atom is 0.338 e. The summed E-state index contributed by atoms with van der Waals surface area (Å²) in [6.45, 7) is 5.23. The summed E-state index contributed by atoms with van der Waals surface area (Å²) >= 11 is 0. The lowest BCUT2D eigenvalue weighted by molar-refractivity contribution is 0.0341. The van der Waals surface area contributed by atoms with Crippen molar-refractivity contribution in [1.29, 1.82) is 0 Å². The van der Waals surface area contributed by atoms with Gasteiger partial charge in [0.25, 0.3) is 0 Å². The summed E-state index contributed by atoms with van der Waals surface area (Å²) in [5, 5.41) is 8.95. The molecule has 1 aromatic rings. The van der Waals surface area contributed by atoms with Crippen molar-refractivity contribution < 1.29 is 19.0 Å². The Morgan fingerprint density at radius 1 is 1.44 bits per heavy atom. The fourth-order valence-electron chi connectivity index (χ4n) is 2.11. The molecule has 4 nitrogen and oxygen atoms in total. The summed E-state index contributed by atoms with van der Waals surface area (Å²) in [6, 6.07) is 3.12. The Morgan fingerprint density at radius 2 is 2.11 bits per heavy atom. The molecule has 1 aliphatic heterocycles. The molecule has 0 bridgehead atoms. The van der Waals surface area contributed by atoms with Crippen molar-refractivity contribution in [3.63, 3.8) is 0 Å². The lowest BCUT2D eigenvalue weighted by atomic mass is 10.0. The Bertz CT molecular complexity index is 456. The van der Waals surface area contributed by atoms with Crippen molar-refractivity contribution in [2.45, 2.75) is 13.5 Å². The van der Waals surface area contributed by atoms with Crippen molar-refractivity contribution in [3.8, 4) is 0 Å². The second kappa shape index (κ2) is 5.46. The minimum atomic E-state index is -1.22. The van der Waals surface area contributed by atoms with Gasteiger partial charge in [0.1, 0.15) is 5.82 Å². The van der Waals surface area contributed by atoms with Crippen LogP contribution in [0.2, 0.25) is 0 Å². The Hall–Kier alpha value is -1.46. The molecule has 0 saturated carbocycles. The van der Waals surface area contributed by atoms with Crippen LogP contribution in [0, 0.1) is 12.7 Å². The van der Waals surface area contributed by atoms with E-state index < -0.39 is 11.8 Å². The predicted octanol–water partition coefficient (Wildman–Crippen LogP) is 1.66. The molecule has 0 radical (unpaired) electrons. The van der Waals surface area contributed by atoms with Crippen LogP contribution in [0.25, 0.3) is 0 Å². The number of aryl methyl sites for hydroxylation is 1. The topological polar surface area (TPSA) is 49.8 Å². The zero-order valence-corrected chi connectivity index (χ0v) is 10.3. The number of carboxylic acids is 1. The molecular formula is C13H16FNO3. The molecule has 1 heterocycles. The summed E-state index contributed by atoms with van der Waals surface area (Å²) in [5.41, 5.74) is 0.949. The van der Waals surface area contributed by atoms with Crippen molar-refractivity contribution >= 4 is 5.97 Å². The van der Waals surface area contributed by atoms with E-state index in [-0.39, 0.29) is 5.56 Å².